The topological polar surface area (TPSA) is 85.0 Å². The van der Waals surface area contributed by atoms with Crippen LogP contribution in [0.3, 0.4) is 0 Å². The number of rotatable bonds is 6. The number of alkyl halides is 2. The number of halogens is 2. The fraction of sp³-hybridized carbons (Fsp3) is 0.407. The maximum atomic E-state index is 13.6. The molecule has 39 heavy (non-hydrogen) atoms. The summed E-state index contributed by atoms with van der Waals surface area (Å²) in [5.74, 6) is 7.14. The van der Waals surface area contributed by atoms with Gasteiger partial charge in [-0.2, -0.15) is 0 Å². The molecule has 3 heterocycles. The van der Waals surface area contributed by atoms with E-state index in [9.17, 15) is 13.6 Å². The Morgan fingerprint density at radius 3 is 2.56 bits per heavy atom. The van der Waals surface area contributed by atoms with Crippen LogP contribution in [0.2, 0.25) is 0 Å². The zero-order chi connectivity index (χ0) is 27.4. The van der Waals surface area contributed by atoms with E-state index in [4.69, 9.17) is 10.1 Å². The molecule has 2 aliphatic rings. The molecule has 2 atom stereocenters. The SMILES string of the molecule is CC.COc1ccc(C(F)F)cc1-c1cn2cc(C(=O)N(C)C)nc2cc1[N-]C1NNC(C#CC2CC2)S1.[K+]. The molecule has 0 bridgehead atoms. The van der Waals surface area contributed by atoms with Crippen molar-refractivity contribution in [2.45, 2.75) is 44.0 Å². The maximum absolute atomic E-state index is 13.6. The third kappa shape index (κ3) is 7.74. The van der Waals surface area contributed by atoms with Gasteiger partial charge in [0.15, 0.2) is 0 Å². The van der Waals surface area contributed by atoms with Crippen LogP contribution in [0.1, 0.15) is 49.2 Å². The van der Waals surface area contributed by atoms with Gasteiger partial charge in [-0.25, -0.2) is 19.2 Å². The number of pyridine rings is 1. The van der Waals surface area contributed by atoms with Crippen LogP contribution in [0.4, 0.5) is 14.5 Å². The van der Waals surface area contributed by atoms with Crippen molar-refractivity contribution in [2.24, 2.45) is 5.92 Å². The number of fused-ring (bicyclic) bond motifs is 1. The molecule has 2 N–H and O–H groups in total. The predicted molar refractivity (Wildman–Crippen MR) is 146 cm³/mol. The van der Waals surface area contributed by atoms with E-state index in [0.717, 1.165) is 12.8 Å². The maximum Gasteiger partial charge on any atom is 1.00 e. The molecule has 1 aliphatic heterocycles. The number of methoxy groups -OCH3 is 1. The first kappa shape index (κ1) is 31.8. The second-order valence-electron chi connectivity index (χ2n) is 8.77. The summed E-state index contributed by atoms with van der Waals surface area (Å²) < 4.78 is 34.3. The van der Waals surface area contributed by atoms with Gasteiger partial charge < -0.3 is 19.4 Å². The molecule has 2 aromatic heterocycles. The molecule has 202 valence electrons. The molecule has 5 rings (SSSR count). The number of carbonyl (C=O) groups excluding carboxylic acids is 1. The van der Waals surface area contributed by atoms with Crippen LogP contribution in [0.5, 0.6) is 5.75 Å². The number of hydrazine groups is 1. The molecular weight excluding hydrogens is 549 g/mol. The van der Waals surface area contributed by atoms with Crippen LogP contribution < -0.4 is 67.0 Å². The van der Waals surface area contributed by atoms with Crippen LogP contribution >= 0.6 is 11.8 Å². The molecule has 1 saturated carbocycles. The first-order valence-electron chi connectivity index (χ1n) is 12.4. The van der Waals surface area contributed by atoms with Crippen LogP contribution in [0, 0.1) is 17.8 Å². The van der Waals surface area contributed by atoms with Gasteiger partial charge in [-0.1, -0.05) is 25.7 Å². The van der Waals surface area contributed by atoms with E-state index in [2.05, 4.69) is 27.7 Å². The molecule has 1 aliphatic carbocycles. The van der Waals surface area contributed by atoms with E-state index in [1.54, 1.807) is 37.0 Å². The molecule has 0 radical (unpaired) electrons. The standard InChI is InChI=1S/C25H25F2N6O2S.C2H6.K/c1-32(2)24(34)19-13-33-12-17(16-10-15(23(26)27)7-8-20(16)35-3)18(11-21(33)28-19)29-25-31-30-22(36-25)9-6-14-4-5-14;1-2;/h7-8,10-14,22-23,25,30-31H,4-5H2,1-3H3;1-2H3;/q-1;;+1. The number of amides is 1. The molecule has 12 heteroatoms. The minimum atomic E-state index is -2.64. The van der Waals surface area contributed by atoms with E-state index in [1.165, 1.54) is 42.0 Å². The number of nitrogens with one attached hydrogen (secondary N) is 2. The number of benzene rings is 1. The van der Waals surface area contributed by atoms with Crippen molar-refractivity contribution in [3.63, 3.8) is 0 Å². The van der Waals surface area contributed by atoms with Crippen molar-refractivity contribution < 1.29 is 69.7 Å². The molecule has 0 spiro atoms. The Bertz CT molecular complexity index is 1370. The van der Waals surface area contributed by atoms with Crippen molar-refractivity contribution in [3.8, 4) is 28.7 Å². The number of nitrogens with zero attached hydrogens (tertiary/aromatic N) is 4. The van der Waals surface area contributed by atoms with Crippen molar-refractivity contribution in [3.05, 3.63) is 53.2 Å². The summed E-state index contributed by atoms with van der Waals surface area (Å²) in [6.45, 7) is 4.00. The quantitative estimate of drug-likeness (QED) is 0.345. The monoisotopic (exact) mass is 580 g/mol. The number of imidazole rings is 1. The summed E-state index contributed by atoms with van der Waals surface area (Å²) in [5.41, 5.74) is 8.09. The van der Waals surface area contributed by atoms with Gasteiger partial charge in [0.05, 0.1) is 7.11 Å². The summed E-state index contributed by atoms with van der Waals surface area (Å²) in [7, 11) is 4.79. The Balaban J connectivity index is 0.00000137. The fourth-order valence-corrected chi connectivity index (χ4v) is 4.61. The molecule has 3 aromatic rings. The van der Waals surface area contributed by atoms with E-state index in [0.29, 0.717) is 34.1 Å². The van der Waals surface area contributed by atoms with Crippen molar-refractivity contribution in [1.29, 1.82) is 0 Å². The Kier molecular flexibility index (Phi) is 11.7. The normalized spacial score (nSPS) is 17.9. The minimum absolute atomic E-state index is 0. The van der Waals surface area contributed by atoms with E-state index >= 15 is 0 Å². The van der Waals surface area contributed by atoms with E-state index < -0.39 is 6.43 Å². The summed E-state index contributed by atoms with van der Waals surface area (Å²) in [5, 5.41) is 4.73. The molecule has 2 unspecified atom stereocenters. The largest absolute Gasteiger partial charge is 1.00 e. The molecule has 2 fully saturated rings. The van der Waals surface area contributed by atoms with Crippen LogP contribution in [0.15, 0.2) is 36.7 Å². The average molecular weight is 581 g/mol. The zero-order valence-electron chi connectivity index (χ0n) is 23.0. The van der Waals surface area contributed by atoms with Gasteiger partial charge >= 0.3 is 51.4 Å². The van der Waals surface area contributed by atoms with Crippen molar-refractivity contribution in [1.82, 2.24) is 25.1 Å². The number of hydrogen-bond donors (Lipinski definition) is 2. The van der Waals surface area contributed by atoms with Crippen LogP contribution in [-0.2, 0) is 0 Å². The van der Waals surface area contributed by atoms with Crippen LogP contribution in [-0.4, -0.2) is 52.3 Å². The minimum Gasteiger partial charge on any atom is -0.660 e. The van der Waals surface area contributed by atoms with Crippen LogP contribution in [0.25, 0.3) is 22.1 Å². The van der Waals surface area contributed by atoms with Gasteiger partial charge in [-0.05, 0) is 48.2 Å². The number of thioether (sulfide) groups is 1. The van der Waals surface area contributed by atoms with Gasteiger partial charge in [-0.15, -0.1) is 17.4 Å². The smallest absolute Gasteiger partial charge is 0.660 e. The van der Waals surface area contributed by atoms with Crippen molar-refractivity contribution >= 4 is 29.0 Å². The molecule has 1 saturated heterocycles. The Labute approximate surface area is 274 Å². The van der Waals surface area contributed by atoms with E-state index in [1.807, 2.05) is 13.8 Å². The van der Waals surface area contributed by atoms with Crippen molar-refractivity contribution in [2.75, 3.05) is 21.2 Å². The Morgan fingerprint density at radius 2 is 1.92 bits per heavy atom. The summed E-state index contributed by atoms with van der Waals surface area (Å²) in [4.78, 5) is 18.4. The van der Waals surface area contributed by atoms with E-state index in [-0.39, 0.29) is 79.4 Å². The summed E-state index contributed by atoms with van der Waals surface area (Å²) in [6, 6.07) is 6.01. The summed E-state index contributed by atoms with van der Waals surface area (Å²) >= 11 is 1.51. The molecular formula is C27H31F2KN6O2S. The number of hydrogen-bond acceptors (Lipinski definition) is 6. The molecule has 1 amide bonds. The third-order valence-corrected chi connectivity index (χ3v) is 6.81. The Hall–Kier alpha value is -1.69. The van der Waals surface area contributed by atoms with Gasteiger partial charge in [-0.3, -0.25) is 10.2 Å². The summed E-state index contributed by atoms with van der Waals surface area (Å²) in [6.07, 6.45) is 3.01. The number of aromatic nitrogens is 2. The average Bonchev–Trinajstić information content (AvgIpc) is 3.49. The first-order chi connectivity index (χ1) is 18.3. The predicted octanol–water partition coefficient (Wildman–Crippen LogP) is 2.55. The van der Waals surface area contributed by atoms with Gasteiger partial charge in [0.1, 0.15) is 22.5 Å². The second-order valence-corrected chi connectivity index (χ2v) is 9.96. The number of carbonyl (C=O) groups is 1. The number of ether oxygens (including phenoxy) is 1. The Morgan fingerprint density at radius 1 is 1.18 bits per heavy atom. The van der Waals surface area contributed by atoms with Gasteiger partial charge in [0, 0.05) is 43.5 Å². The van der Waals surface area contributed by atoms with Gasteiger partial charge in [0.25, 0.3) is 12.3 Å². The third-order valence-electron chi connectivity index (χ3n) is 5.82. The molecule has 1 aromatic carbocycles. The van der Waals surface area contributed by atoms with Gasteiger partial charge in [0.2, 0.25) is 0 Å². The molecule has 8 nitrogen and oxygen atoms in total. The first-order valence-corrected chi connectivity index (χ1v) is 13.4. The zero-order valence-corrected chi connectivity index (χ0v) is 26.9. The fourth-order valence-electron chi connectivity index (χ4n) is 3.77. The second kappa shape index (κ2) is 14.3.